The van der Waals surface area contributed by atoms with Crippen LogP contribution in [-0.2, 0) is 10.5 Å². The third-order valence-electron chi connectivity index (χ3n) is 2.79. The van der Waals surface area contributed by atoms with Gasteiger partial charge in [0.2, 0.25) is 0 Å². The highest BCUT2D eigenvalue weighted by Gasteiger charge is 2.29. The molecule has 1 saturated heterocycles. The van der Waals surface area contributed by atoms with Crippen LogP contribution in [0.4, 0.5) is 0 Å². The van der Waals surface area contributed by atoms with Crippen molar-refractivity contribution in [2.75, 3.05) is 6.54 Å². The lowest BCUT2D eigenvalue weighted by molar-refractivity contribution is -0.139. The number of aliphatic carboxylic acids is 1. The molecule has 1 aliphatic rings. The van der Waals surface area contributed by atoms with Gasteiger partial charge in [-0.3, -0.25) is 4.79 Å². The van der Waals surface area contributed by atoms with Crippen molar-refractivity contribution in [3.8, 4) is 0 Å². The van der Waals surface area contributed by atoms with Crippen LogP contribution in [0.25, 0.3) is 0 Å². The molecule has 1 aromatic carbocycles. The molecule has 0 unspecified atom stereocenters. The van der Waals surface area contributed by atoms with Crippen LogP contribution in [0.2, 0.25) is 0 Å². The minimum Gasteiger partial charge on any atom is -0.480 e. The van der Waals surface area contributed by atoms with Gasteiger partial charge in [-0.25, -0.2) is 0 Å². The van der Waals surface area contributed by atoms with Crippen LogP contribution >= 0.6 is 27.7 Å². The first-order valence-electron chi connectivity index (χ1n) is 5.47. The minimum absolute atomic E-state index is 0.364. The highest BCUT2D eigenvalue weighted by atomic mass is 79.9. The summed E-state index contributed by atoms with van der Waals surface area (Å²) in [5.41, 5.74) is 1.27. The molecule has 5 heteroatoms. The zero-order valence-electron chi connectivity index (χ0n) is 9.23. The zero-order chi connectivity index (χ0) is 12.3. The maximum atomic E-state index is 10.8. The van der Waals surface area contributed by atoms with E-state index in [0.29, 0.717) is 5.25 Å². The van der Waals surface area contributed by atoms with Crippen molar-refractivity contribution in [3.63, 3.8) is 0 Å². The highest BCUT2D eigenvalue weighted by molar-refractivity contribution is 9.10. The molecule has 0 radical (unpaired) electrons. The molecule has 2 N–H and O–H groups in total. The van der Waals surface area contributed by atoms with E-state index in [2.05, 4.69) is 33.4 Å². The van der Waals surface area contributed by atoms with Gasteiger partial charge in [0, 0.05) is 22.0 Å². The first-order chi connectivity index (χ1) is 8.15. The molecule has 1 aromatic rings. The molecule has 2 atom stereocenters. The molecule has 0 aromatic heterocycles. The van der Waals surface area contributed by atoms with Crippen LogP contribution in [0.1, 0.15) is 12.0 Å². The molecule has 17 heavy (non-hydrogen) atoms. The van der Waals surface area contributed by atoms with Crippen molar-refractivity contribution in [3.05, 3.63) is 34.3 Å². The fourth-order valence-electron chi connectivity index (χ4n) is 1.81. The molecular formula is C12H14BrNO2S. The van der Waals surface area contributed by atoms with E-state index in [-0.39, 0.29) is 6.04 Å². The van der Waals surface area contributed by atoms with Gasteiger partial charge in [-0.05, 0) is 24.1 Å². The van der Waals surface area contributed by atoms with Crippen molar-refractivity contribution in [2.24, 2.45) is 0 Å². The lowest BCUT2D eigenvalue weighted by Gasteiger charge is -2.08. The van der Waals surface area contributed by atoms with E-state index in [1.54, 1.807) is 0 Å². The predicted octanol–water partition coefficient (Wildman–Crippen LogP) is 2.50. The largest absolute Gasteiger partial charge is 0.480 e. The maximum Gasteiger partial charge on any atom is 0.320 e. The highest BCUT2D eigenvalue weighted by Crippen LogP contribution is 2.25. The monoisotopic (exact) mass is 315 g/mol. The molecule has 1 heterocycles. The van der Waals surface area contributed by atoms with Crippen molar-refractivity contribution in [2.45, 2.75) is 23.5 Å². The Morgan fingerprint density at radius 1 is 1.47 bits per heavy atom. The Morgan fingerprint density at radius 2 is 2.18 bits per heavy atom. The van der Waals surface area contributed by atoms with Gasteiger partial charge in [0.05, 0.1) is 0 Å². The zero-order valence-corrected chi connectivity index (χ0v) is 11.6. The van der Waals surface area contributed by atoms with Crippen molar-refractivity contribution >= 4 is 33.7 Å². The van der Waals surface area contributed by atoms with Gasteiger partial charge < -0.3 is 10.4 Å². The third-order valence-corrected chi connectivity index (χ3v) is 4.65. The number of carboxylic acids is 1. The summed E-state index contributed by atoms with van der Waals surface area (Å²) in [6, 6.07) is 7.88. The summed E-state index contributed by atoms with van der Waals surface area (Å²) < 4.78 is 1.08. The molecule has 2 rings (SSSR count). The lowest BCUT2D eigenvalue weighted by atomic mass is 10.2. The number of hydrogen-bond donors (Lipinski definition) is 2. The number of hydrogen-bond acceptors (Lipinski definition) is 3. The van der Waals surface area contributed by atoms with Gasteiger partial charge in [0.25, 0.3) is 0 Å². The fourth-order valence-corrected chi connectivity index (χ4v) is 3.24. The first-order valence-corrected chi connectivity index (χ1v) is 7.31. The van der Waals surface area contributed by atoms with E-state index < -0.39 is 5.97 Å². The Balaban J connectivity index is 1.80. The van der Waals surface area contributed by atoms with Gasteiger partial charge in [-0.2, -0.15) is 11.8 Å². The predicted molar refractivity (Wildman–Crippen MR) is 73.3 cm³/mol. The number of nitrogens with one attached hydrogen (secondary N) is 1. The van der Waals surface area contributed by atoms with Gasteiger partial charge in [-0.15, -0.1) is 0 Å². The Kier molecular flexibility index (Phi) is 4.48. The standard InChI is InChI=1S/C12H14BrNO2S/c13-9-3-1-8(2-4-9)7-17-10-5-11(12(15)16)14-6-10/h1-4,10-11,14H,5-7H2,(H,15,16)/t10-,11-/m0/s1. The molecule has 1 aliphatic heterocycles. The number of benzene rings is 1. The van der Waals surface area contributed by atoms with Crippen LogP contribution in [0.15, 0.2) is 28.7 Å². The third kappa shape index (κ3) is 3.72. The molecule has 0 bridgehead atoms. The molecule has 3 nitrogen and oxygen atoms in total. The summed E-state index contributed by atoms with van der Waals surface area (Å²) in [7, 11) is 0. The average molecular weight is 316 g/mol. The van der Waals surface area contributed by atoms with E-state index in [1.165, 1.54) is 5.56 Å². The number of carboxylic acid groups (broad SMARTS) is 1. The summed E-state index contributed by atoms with van der Waals surface area (Å²) in [6.45, 7) is 0.790. The van der Waals surface area contributed by atoms with Crippen LogP contribution in [0.3, 0.4) is 0 Å². The summed E-state index contributed by atoms with van der Waals surface area (Å²) in [5.74, 6) is 0.197. The normalized spacial score (nSPS) is 23.8. The SMILES string of the molecule is O=C(O)[C@@H]1C[C@H](SCc2ccc(Br)cc2)CN1. The molecule has 1 fully saturated rings. The van der Waals surface area contributed by atoms with E-state index in [0.717, 1.165) is 23.2 Å². The Bertz CT molecular complexity index is 396. The molecular weight excluding hydrogens is 302 g/mol. The van der Waals surface area contributed by atoms with E-state index >= 15 is 0 Å². The molecule has 0 amide bonds. The topological polar surface area (TPSA) is 49.3 Å². The van der Waals surface area contributed by atoms with Crippen molar-refractivity contribution in [1.82, 2.24) is 5.32 Å². The summed E-state index contributed by atoms with van der Waals surface area (Å²) >= 11 is 5.23. The second-order valence-electron chi connectivity index (χ2n) is 4.09. The van der Waals surface area contributed by atoms with Gasteiger partial charge >= 0.3 is 5.97 Å². The van der Waals surface area contributed by atoms with Crippen LogP contribution in [0.5, 0.6) is 0 Å². The van der Waals surface area contributed by atoms with Gasteiger partial charge in [0.1, 0.15) is 6.04 Å². The average Bonchev–Trinajstić information content (AvgIpc) is 2.77. The van der Waals surface area contributed by atoms with E-state index in [4.69, 9.17) is 5.11 Å². The van der Waals surface area contributed by atoms with Crippen LogP contribution in [0, 0.1) is 0 Å². The molecule has 0 saturated carbocycles. The van der Waals surface area contributed by atoms with Crippen molar-refractivity contribution < 1.29 is 9.90 Å². The Hall–Kier alpha value is -0.520. The van der Waals surface area contributed by atoms with Crippen molar-refractivity contribution in [1.29, 1.82) is 0 Å². The Morgan fingerprint density at radius 3 is 2.76 bits per heavy atom. The number of thioether (sulfide) groups is 1. The van der Waals surface area contributed by atoms with Gasteiger partial charge in [-0.1, -0.05) is 28.1 Å². The lowest BCUT2D eigenvalue weighted by Crippen LogP contribution is -2.29. The second-order valence-corrected chi connectivity index (χ2v) is 6.30. The van der Waals surface area contributed by atoms with Crippen LogP contribution in [-0.4, -0.2) is 28.9 Å². The summed E-state index contributed by atoms with van der Waals surface area (Å²) in [6.07, 6.45) is 0.719. The maximum absolute atomic E-state index is 10.8. The molecule has 0 aliphatic carbocycles. The number of carbonyl (C=O) groups is 1. The number of halogens is 1. The first kappa shape index (κ1) is 12.9. The van der Waals surface area contributed by atoms with Gasteiger partial charge in [0.15, 0.2) is 0 Å². The van der Waals surface area contributed by atoms with Crippen LogP contribution < -0.4 is 5.32 Å². The summed E-state index contributed by atoms with van der Waals surface area (Å²) in [4.78, 5) is 10.8. The molecule has 0 spiro atoms. The Labute approximate surface area is 113 Å². The fraction of sp³-hybridized carbons (Fsp3) is 0.417. The molecule has 92 valence electrons. The smallest absolute Gasteiger partial charge is 0.320 e. The second kappa shape index (κ2) is 5.89. The number of rotatable bonds is 4. The minimum atomic E-state index is -0.739. The summed E-state index contributed by atoms with van der Waals surface area (Å²) in [5, 5.41) is 12.3. The van der Waals surface area contributed by atoms with E-state index in [9.17, 15) is 4.79 Å². The van der Waals surface area contributed by atoms with E-state index in [1.807, 2.05) is 23.9 Å². The quantitative estimate of drug-likeness (QED) is 0.896.